The van der Waals surface area contributed by atoms with E-state index in [0.717, 1.165) is 19.5 Å². The maximum absolute atomic E-state index is 11.7. The van der Waals surface area contributed by atoms with Crippen molar-refractivity contribution in [1.82, 2.24) is 15.1 Å². The van der Waals surface area contributed by atoms with Crippen molar-refractivity contribution >= 4 is 5.97 Å². The van der Waals surface area contributed by atoms with Gasteiger partial charge < -0.3 is 19.9 Å². The lowest BCUT2D eigenvalue weighted by molar-refractivity contribution is -0.145. The summed E-state index contributed by atoms with van der Waals surface area (Å²) in [5, 5.41) is 3.04. The lowest BCUT2D eigenvalue weighted by Gasteiger charge is -2.49. The summed E-state index contributed by atoms with van der Waals surface area (Å²) in [7, 11) is 8.29. The number of esters is 1. The van der Waals surface area contributed by atoms with Crippen LogP contribution in [-0.2, 0) is 9.53 Å². The number of nitrogens with one attached hydrogen (secondary N) is 1. The number of hydrogen-bond donors (Lipinski definition) is 1. The first-order valence-corrected chi connectivity index (χ1v) is 7.65. The van der Waals surface area contributed by atoms with Crippen LogP contribution in [0, 0.1) is 0 Å². The zero-order valence-electron chi connectivity index (χ0n) is 13.7. The molecule has 0 aromatic rings. The molecule has 0 aliphatic heterocycles. The summed E-state index contributed by atoms with van der Waals surface area (Å²) in [5.41, 5.74) is 0.341. The van der Waals surface area contributed by atoms with Gasteiger partial charge >= 0.3 is 5.97 Å². The molecular formula is C15H31N3O2. The summed E-state index contributed by atoms with van der Waals surface area (Å²) in [6.07, 6.45) is 4.67. The summed E-state index contributed by atoms with van der Waals surface area (Å²) in [4.78, 5) is 16.4. The van der Waals surface area contributed by atoms with Crippen LogP contribution in [0.25, 0.3) is 0 Å². The van der Waals surface area contributed by atoms with Crippen molar-refractivity contribution in [3.05, 3.63) is 0 Å². The summed E-state index contributed by atoms with van der Waals surface area (Å²) >= 11 is 0. The second-order valence-corrected chi connectivity index (χ2v) is 6.09. The average molecular weight is 285 g/mol. The van der Waals surface area contributed by atoms with Crippen LogP contribution in [0.15, 0.2) is 0 Å². The van der Waals surface area contributed by atoms with E-state index in [4.69, 9.17) is 4.74 Å². The van der Waals surface area contributed by atoms with E-state index in [1.165, 1.54) is 19.3 Å². The zero-order chi connectivity index (χ0) is 15.2. The highest BCUT2D eigenvalue weighted by Gasteiger charge is 2.39. The minimum absolute atomic E-state index is 0.144. The molecule has 0 saturated heterocycles. The average Bonchev–Trinajstić information content (AvgIpc) is 2.34. The van der Waals surface area contributed by atoms with Crippen molar-refractivity contribution < 1.29 is 9.53 Å². The third-order valence-electron chi connectivity index (χ3n) is 4.52. The number of nitrogens with zero attached hydrogens (tertiary/aromatic N) is 2. The van der Waals surface area contributed by atoms with Gasteiger partial charge in [0.15, 0.2) is 0 Å². The fraction of sp³-hybridized carbons (Fsp3) is 0.933. The fourth-order valence-corrected chi connectivity index (χ4v) is 2.89. The van der Waals surface area contributed by atoms with Crippen LogP contribution in [0.2, 0.25) is 0 Å². The quantitative estimate of drug-likeness (QED) is 0.639. The highest BCUT2D eigenvalue weighted by Crippen LogP contribution is 2.36. The predicted octanol–water partition coefficient (Wildman–Crippen LogP) is 0.944. The van der Waals surface area contributed by atoms with Crippen molar-refractivity contribution in [2.24, 2.45) is 0 Å². The first-order chi connectivity index (χ1) is 9.45. The van der Waals surface area contributed by atoms with Crippen molar-refractivity contribution in [1.29, 1.82) is 0 Å². The van der Waals surface area contributed by atoms with Gasteiger partial charge in [-0.05, 0) is 67.3 Å². The summed E-state index contributed by atoms with van der Waals surface area (Å²) in [6, 6.07) is -0.200. The van der Waals surface area contributed by atoms with Gasteiger partial charge in [-0.3, -0.25) is 4.79 Å². The molecule has 1 fully saturated rings. The van der Waals surface area contributed by atoms with Crippen molar-refractivity contribution in [3.8, 4) is 0 Å². The number of ether oxygens (including phenoxy) is 1. The van der Waals surface area contributed by atoms with Gasteiger partial charge in [0.25, 0.3) is 0 Å². The van der Waals surface area contributed by atoms with Crippen molar-refractivity contribution in [3.63, 3.8) is 0 Å². The topological polar surface area (TPSA) is 44.8 Å². The fourth-order valence-electron chi connectivity index (χ4n) is 2.89. The minimum atomic E-state index is -0.200. The molecule has 0 heterocycles. The van der Waals surface area contributed by atoms with Gasteiger partial charge in [-0.25, -0.2) is 0 Å². The summed E-state index contributed by atoms with van der Waals surface area (Å²) in [6.45, 7) is 4.25. The molecule has 5 heteroatoms. The lowest BCUT2D eigenvalue weighted by Crippen LogP contribution is -2.57. The van der Waals surface area contributed by atoms with E-state index in [-0.39, 0.29) is 12.0 Å². The first kappa shape index (κ1) is 17.4. The number of likely N-dealkylation sites (N-methyl/N-ethyl adjacent to an activating group) is 3. The minimum Gasteiger partial charge on any atom is -0.465 e. The van der Waals surface area contributed by atoms with E-state index in [9.17, 15) is 4.79 Å². The number of hydrogen-bond acceptors (Lipinski definition) is 5. The second-order valence-electron chi connectivity index (χ2n) is 6.09. The highest BCUT2D eigenvalue weighted by molar-refractivity contribution is 5.75. The Balaban J connectivity index is 2.38. The van der Waals surface area contributed by atoms with Gasteiger partial charge in [-0.2, -0.15) is 0 Å². The first-order valence-electron chi connectivity index (χ1n) is 7.65. The molecule has 1 unspecified atom stereocenters. The van der Waals surface area contributed by atoms with Crippen LogP contribution in [-0.4, -0.2) is 75.2 Å². The maximum atomic E-state index is 11.7. The third kappa shape index (κ3) is 4.43. The molecular weight excluding hydrogens is 254 g/mol. The van der Waals surface area contributed by atoms with Crippen LogP contribution in [0.3, 0.4) is 0 Å². The molecule has 5 nitrogen and oxygen atoms in total. The Labute approximate surface area is 123 Å². The number of carbonyl (C=O) groups excluding carboxylic acids is 1. The van der Waals surface area contributed by atoms with Gasteiger partial charge in [0.2, 0.25) is 0 Å². The highest BCUT2D eigenvalue weighted by atomic mass is 16.5. The van der Waals surface area contributed by atoms with E-state index in [1.807, 2.05) is 14.0 Å². The number of rotatable bonds is 9. The maximum Gasteiger partial charge on any atom is 0.323 e. The molecule has 1 aliphatic rings. The van der Waals surface area contributed by atoms with Crippen LogP contribution in [0.5, 0.6) is 0 Å². The van der Waals surface area contributed by atoms with E-state index in [2.05, 4.69) is 36.3 Å². The summed E-state index contributed by atoms with van der Waals surface area (Å²) in [5.74, 6) is -0.144. The monoisotopic (exact) mass is 285 g/mol. The van der Waals surface area contributed by atoms with Crippen LogP contribution >= 0.6 is 0 Å². The molecule has 1 N–H and O–H groups in total. The smallest absolute Gasteiger partial charge is 0.323 e. The molecule has 20 heavy (non-hydrogen) atoms. The van der Waals surface area contributed by atoms with Gasteiger partial charge in [-0.1, -0.05) is 0 Å². The Morgan fingerprint density at radius 1 is 1.35 bits per heavy atom. The molecule has 1 rings (SSSR count). The van der Waals surface area contributed by atoms with Crippen molar-refractivity contribution in [2.45, 2.75) is 44.2 Å². The normalized spacial score (nSPS) is 18.9. The second kappa shape index (κ2) is 7.96. The molecule has 0 aromatic heterocycles. The number of carbonyl (C=O) groups is 1. The largest absolute Gasteiger partial charge is 0.465 e. The molecule has 118 valence electrons. The standard InChI is InChI=1S/C15H31N3O2/c1-6-20-14(19)13(16-2)8-11-18(5)12-15(17(3)4)9-7-10-15/h13,16H,6-12H2,1-5H3. The van der Waals surface area contributed by atoms with Crippen LogP contribution < -0.4 is 5.32 Å². The Morgan fingerprint density at radius 2 is 2.00 bits per heavy atom. The predicted molar refractivity (Wildman–Crippen MR) is 81.9 cm³/mol. The Hall–Kier alpha value is -0.650. The molecule has 1 saturated carbocycles. The molecule has 1 aliphatic carbocycles. The van der Waals surface area contributed by atoms with Gasteiger partial charge in [-0.15, -0.1) is 0 Å². The van der Waals surface area contributed by atoms with Crippen LogP contribution in [0.4, 0.5) is 0 Å². The molecule has 1 atom stereocenters. The summed E-state index contributed by atoms with van der Waals surface area (Å²) < 4.78 is 5.07. The van der Waals surface area contributed by atoms with Gasteiger partial charge in [0.1, 0.15) is 6.04 Å². The van der Waals surface area contributed by atoms with E-state index in [0.29, 0.717) is 12.1 Å². The van der Waals surface area contributed by atoms with Crippen molar-refractivity contribution in [2.75, 3.05) is 47.9 Å². The zero-order valence-corrected chi connectivity index (χ0v) is 13.7. The lowest BCUT2D eigenvalue weighted by atomic mass is 9.75. The Bertz CT molecular complexity index is 303. The van der Waals surface area contributed by atoms with Gasteiger partial charge in [0, 0.05) is 12.1 Å². The van der Waals surface area contributed by atoms with E-state index in [1.54, 1.807) is 0 Å². The van der Waals surface area contributed by atoms with Gasteiger partial charge in [0.05, 0.1) is 6.61 Å². The molecule has 0 bridgehead atoms. The van der Waals surface area contributed by atoms with E-state index >= 15 is 0 Å². The van der Waals surface area contributed by atoms with Crippen LogP contribution in [0.1, 0.15) is 32.6 Å². The Morgan fingerprint density at radius 3 is 2.40 bits per heavy atom. The molecule has 0 aromatic carbocycles. The molecule has 0 amide bonds. The van der Waals surface area contributed by atoms with E-state index < -0.39 is 0 Å². The Kier molecular flexibility index (Phi) is 6.92. The molecule has 0 spiro atoms. The third-order valence-corrected chi connectivity index (χ3v) is 4.52. The molecule has 0 radical (unpaired) electrons. The SMILES string of the molecule is CCOC(=O)C(CCN(C)CC1(N(C)C)CCC1)NC.